The minimum Gasteiger partial charge on any atom is -0.379 e. The zero-order chi connectivity index (χ0) is 11.4. The van der Waals surface area contributed by atoms with E-state index in [0.29, 0.717) is 0 Å². The standard InChI is InChI=1S/C11H19N3OS/c1-9(12)6-11-13-10(8-16-11)7-14-2-4-15-5-3-14/h8-9H,2-7,12H2,1H3. The van der Waals surface area contributed by atoms with Crippen LogP contribution < -0.4 is 5.73 Å². The Hall–Kier alpha value is -0.490. The summed E-state index contributed by atoms with van der Waals surface area (Å²) >= 11 is 1.72. The van der Waals surface area contributed by atoms with E-state index in [2.05, 4.69) is 15.3 Å². The Labute approximate surface area is 100 Å². The molecule has 0 radical (unpaired) electrons. The van der Waals surface area contributed by atoms with Crippen molar-refractivity contribution in [2.24, 2.45) is 5.73 Å². The number of morpholine rings is 1. The van der Waals surface area contributed by atoms with Crippen molar-refractivity contribution < 1.29 is 4.74 Å². The van der Waals surface area contributed by atoms with E-state index in [0.717, 1.165) is 44.3 Å². The van der Waals surface area contributed by atoms with E-state index in [1.165, 1.54) is 5.69 Å². The van der Waals surface area contributed by atoms with E-state index in [9.17, 15) is 0 Å². The first kappa shape index (κ1) is 12.0. The van der Waals surface area contributed by atoms with Crippen LogP contribution in [0, 0.1) is 0 Å². The second kappa shape index (κ2) is 5.72. The number of nitrogens with zero attached hydrogens (tertiary/aromatic N) is 2. The molecule has 1 unspecified atom stereocenters. The molecule has 4 nitrogen and oxygen atoms in total. The number of ether oxygens (including phenoxy) is 1. The third-order valence-electron chi connectivity index (χ3n) is 2.59. The first-order chi connectivity index (χ1) is 7.74. The molecule has 1 aromatic heterocycles. The molecule has 0 amide bonds. The molecule has 1 atom stereocenters. The number of hydrogen-bond acceptors (Lipinski definition) is 5. The lowest BCUT2D eigenvalue weighted by Gasteiger charge is -2.25. The summed E-state index contributed by atoms with van der Waals surface area (Å²) < 4.78 is 5.32. The van der Waals surface area contributed by atoms with Gasteiger partial charge in [-0.05, 0) is 6.92 Å². The molecule has 5 heteroatoms. The van der Waals surface area contributed by atoms with Gasteiger partial charge in [0.05, 0.1) is 23.9 Å². The summed E-state index contributed by atoms with van der Waals surface area (Å²) in [6, 6.07) is 0.197. The summed E-state index contributed by atoms with van der Waals surface area (Å²) in [7, 11) is 0. The van der Waals surface area contributed by atoms with Gasteiger partial charge in [-0.2, -0.15) is 0 Å². The van der Waals surface area contributed by atoms with Crippen molar-refractivity contribution in [1.29, 1.82) is 0 Å². The van der Waals surface area contributed by atoms with E-state index in [4.69, 9.17) is 10.5 Å². The molecule has 1 fully saturated rings. The van der Waals surface area contributed by atoms with Crippen molar-refractivity contribution in [2.75, 3.05) is 26.3 Å². The maximum Gasteiger partial charge on any atom is 0.0944 e. The molecular weight excluding hydrogens is 222 g/mol. The van der Waals surface area contributed by atoms with E-state index in [1.807, 2.05) is 6.92 Å². The smallest absolute Gasteiger partial charge is 0.0944 e. The van der Waals surface area contributed by atoms with Crippen LogP contribution in [-0.2, 0) is 17.7 Å². The number of rotatable bonds is 4. The average Bonchev–Trinajstić information content (AvgIpc) is 2.66. The van der Waals surface area contributed by atoms with Crippen LogP contribution in [0.3, 0.4) is 0 Å². The molecule has 2 heterocycles. The van der Waals surface area contributed by atoms with Gasteiger partial charge in [-0.25, -0.2) is 4.98 Å². The fraction of sp³-hybridized carbons (Fsp3) is 0.727. The third kappa shape index (κ3) is 3.52. The fourth-order valence-corrected chi connectivity index (χ4v) is 2.71. The molecule has 1 aliphatic heterocycles. The van der Waals surface area contributed by atoms with Gasteiger partial charge in [0.1, 0.15) is 0 Å². The third-order valence-corrected chi connectivity index (χ3v) is 3.51. The SMILES string of the molecule is CC(N)Cc1nc(CN2CCOCC2)cs1. The number of hydrogen-bond donors (Lipinski definition) is 1. The first-order valence-electron chi connectivity index (χ1n) is 5.73. The van der Waals surface area contributed by atoms with Crippen LogP contribution in [0.1, 0.15) is 17.6 Å². The molecule has 1 saturated heterocycles. The first-order valence-corrected chi connectivity index (χ1v) is 6.61. The van der Waals surface area contributed by atoms with Crippen LogP contribution >= 0.6 is 11.3 Å². The lowest BCUT2D eigenvalue weighted by atomic mass is 10.3. The van der Waals surface area contributed by atoms with Gasteiger partial charge >= 0.3 is 0 Å². The second-order valence-corrected chi connectivity index (χ2v) is 5.25. The quantitative estimate of drug-likeness (QED) is 0.849. The largest absolute Gasteiger partial charge is 0.379 e. The Kier molecular flexibility index (Phi) is 4.29. The van der Waals surface area contributed by atoms with Crippen molar-refractivity contribution in [3.05, 3.63) is 16.1 Å². The average molecular weight is 241 g/mol. The molecule has 0 bridgehead atoms. The highest BCUT2D eigenvalue weighted by Crippen LogP contribution is 2.13. The Morgan fingerprint density at radius 1 is 1.56 bits per heavy atom. The summed E-state index contributed by atoms with van der Waals surface area (Å²) in [5, 5.41) is 3.30. The van der Waals surface area contributed by atoms with Gasteiger partial charge < -0.3 is 10.5 Å². The number of nitrogens with two attached hydrogens (primary N) is 1. The number of aromatic nitrogens is 1. The van der Waals surface area contributed by atoms with E-state index in [1.54, 1.807) is 11.3 Å². The molecule has 0 saturated carbocycles. The zero-order valence-corrected chi connectivity index (χ0v) is 10.5. The normalized spacial score (nSPS) is 19.9. The summed E-state index contributed by atoms with van der Waals surface area (Å²) in [5.74, 6) is 0. The Morgan fingerprint density at radius 3 is 3.00 bits per heavy atom. The predicted molar refractivity (Wildman–Crippen MR) is 65.6 cm³/mol. The Morgan fingerprint density at radius 2 is 2.31 bits per heavy atom. The highest BCUT2D eigenvalue weighted by molar-refractivity contribution is 7.09. The topological polar surface area (TPSA) is 51.4 Å². The molecule has 1 aliphatic rings. The van der Waals surface area contributed by atoms with Crippen LogP contribution in [0.4, 0.5) is 0 Å². The molecule has 2 rings (SSSR count). The van der Waals surface area contributed by atoms with Crippen LogP contribution in [0.5, 0.6) is 0 Å². The molecule has 2 N–H and O–H groups in total. The molecule has 0 aromatic carbocycles. The van der Waals surface area contributed by atoms with Crippen molar-refractivity contribution in [3.63, 3.8) is 0 Å². The molecule has 90 valence electrons. The summed E-state index contributed by atoms with van der Waals surface area (Å²) in [6.45, 7) is 6.68. The molecule has 16 heavy (non-hydrogen) atoms. The van der Waals surface area contributed by atoms with E-state index in [-0.39, 0.29) is 6.04 Å². The molecule has 0 aliphatic carbocycles. The Balaban J connectivity index is 1.86. The highest BCUT2D eigenvalue weighted by atomic mass is 32.1. The van der Waals surface area contributed by atoms with Gasteiger partial charge in [0, 0.05) is 37.5 Å². The predicted octanol–water partition coefficient (Wildman–Crippen LogP) is 0.865. The minimum absolute atomic E-state index is 0.197. The monoisotopic (exact) mass is 241 g/mol. The van der Waals surface area contributed by atoms with E-state index < -0.39 is 0 Å². The minimum atomic E-state index is 0.197. The molecule has 0 spiro atoms. The van der Waals surface area contributed by atoms with Gasteiger partial charge in [0.25, 0.3) is 0 Å². The van der Waals surface area contributed by atoms with Crippen LogP contribution in [0.2, 0.25) is 0 Å². The van der Waals surface area contributed by atoms with Crippen molar-refractivity contribution in [1.82, 2.24) is 9.88 Å². The lowest BCUT2D eigenvalue weighted by molar-refractivity contribution is 0.0337. The van der Waals surface area contributed by atoms with Gasteiger partial charge in [-0.15, -0.1) is 11.3 Å². The zero-order valence-electron chi connectivity index (χ0n) is 9.69. The van der Waals surface area contributed by atoms with Crippen molar-refractivity contribution >= 4 is 11.3 Å². The molecule has 1 aromatic rings. The van der Waals surface area contributed by atoms with Crippen LogP contribution in [0.25, 0.3) is 0 Å². The Bertz CT molecular complexity index is 321. The summed E-state index contributed by atoms with van der Waals surface area (Å²) in [4.78, 5) is 6.98. The van der Waals surface area contributed by atoms with Crippen molar-refractivity contribution in [2.45, 2.75) is 25.9 Å². The highest BCUT2D eigenvalue weighted by Gasteiger charge is 2.12. The van der Waals surface area contributed by atoms with E-state index >= 15 is 0 Å². The summed E-state index contributed by atoms with van der Waals surface area (Å²) in [5.41, 5.74) is 6.93. The van der Waals surface area contributed by atoms with Crippen molar-refractivity contribution in [3.8, 4) is 0 Å². The van der Waals surface area contributed by atoms with Crippen LogP contribution in [-0.4, -0.2) is 42.2 Å². The lowest BCUT2D eigenvalue weighted by Crippen LogP contribution is -2.35. The van der Waals surface area contributed by atoms with Gasteiger partial charge in [0.2, 0.25) is 0 Å². The van der Waals surface area contributed by atoms with Crippen LogP contribution in [0.15, 0.2) is 5.38 Å². The summed E-state index contributed by atoms with van der Waals surface area (Å²) in [6.07, 6.45) is 0.883. The molecular formula is C11H19N3OS. The maximum absolute atomic E-state index is 5.76. The van der Waals surface area contributed by atoms with Gasteiger partial charge in [-0.3, -0.25) is 4.90 Å². The van der Waals surface area contributed by atoms with Gasteiger partial charge in [-0.1, -0.05) is 0 Å². The second-order valence-electron chi connectivity index (χ2n) is 4.30. The number of thiazole rings is 1. The van der Waals surface area contributed by atoms with Gasteiger partial charge in [0.15, 0.2) is 0 Å². The maximum atomic E-state index is 5.76. The fourth-order valence-electron chi connectivity index (χ4n) is 1.78.